The molecule has 4 heteroatoms. The molecule has 0 fully saturated rings. The number of rotatable bonds is 6. The van der Waals surface area contributed by atoms with Gasteiger partial charge in [-0.1, -0.05) is 26.0 Å². The number of anilines is 1. The van der Waals surface area contributed by atoms with E-state index in [9.17, 15) is 9.18 Å². The molecule has 0 aliphatic rings. The van der Waals surface area contributed by atoms with Gasteiger partial charge in [0.25, 0.3) is 0 Å². The van der Waals surface area contributed by atoms with E-state index in [1.165, 1.54) is 6.07 Å². The predicted octanol–water partition coefficient (Wildman–Crippen LogP) is 3.61. The van der Waals surface area contributed by atoms with Crippen LogP contribution in [0.4, 0.5) is 10.1 Å². The quantitative estimate of drug-likeness (QED) is 0.800. The van der Waals surface area contributed by atoms with Crippen LogP contribution in [0.1, 0.15) is 34.1 Å². The number of halogens is 1. The molecule has 0 aromatic heterocycles. The Hall–Kier alpha value is -1.58. The minimum absolute atomic E-state index is 0.286. The number of benzene rings is 1. The van der Waals surface area contributed by atoms with Crippen molar-refractivity contribution >= 4 is 11.7 Å². The number of nitrogens with one attached hydrogen (secondary N) is 1. The Morgan fingerprint density at radius 3 is 2.58 bits per heavy atom. The van der Waals surface area contributed by atoms with Crippen LogP contribution in [0.3, 0.4) is 0 Å². The summed E-state index contributed by atoms with van der Waals surface area (Å²) in [6, 6.07) is 6.33. The van der Waals surface area contributed by atoms with Crippen molar-refractivity contribution in [1.29, 1.82) is 0 Å². The van der Waals surface area contributed by atoms with Gasteiger partial charge in [0, 0.05) is 0 Å². The van der Waals surface area contributed by atoms with E-state index >= 15 is 0 Å². The second-order valence-corrected chi connectivity index (χ2v) is 5.26. The number of carbonyl (C=O) groups excluding carboxylic acids is 1. The smallest absolute Gasteiger partial charge is 0.331 e. The highest BCUT2D eigenvalue weighted by molar-refractivity contribution is 5.84. The topological polar surface area (TPSA) is 38.3 Å². The number of para-hydroxylation sites is 1. The molecular weight excluding hydrogens is 245 g/mol. The minimum Gasteiger partial charge on any atom is -0.464 e. The zero-order valence-corrected chi connectivity index (χ0v) is 12.0. The van der Waals surface area contributed by atoms with Gasteiger partial charge in [0.2, 0.25) is 0 Å². The van der Waals surface area contributed by atoms with Crippen LogP contribution in [0.25, 0.3) is 0 Å². The van der Waals surface area contributed by atoms with Gasteiger partial charge < -0.3 is 10.1 Å². The maximum absolute atomic E-state index is 13.7. The van der Waals surface area contributed by atoms with E-state index in [1.807, 2.05) is 13.8 Å². The van der Waals surface area contributed by atoms with Crippen molar-refractivity contribution in [2.75, 3.05) is 11.9 Å². The van der Waals surface area contributed by atoms with E-state index < -0.39 is 5.54 Å². The Balaban J connectivity index is 2.97. The van der Waals surface area contributed by atoms with Crippen molar-refractivity contribution in [3.8, 4) is 0 Å². The molecular formula is C15H22FNO2. The highest BCUT2D eigenvalue weighted by Gasteiger charge is 2.35. The molecule has 0 aliphatic carbocycles. The Morgan fingerprint density at radius 2 is 2.05 bits per heavy atom. The van der Waals surface area contributed by atoms with Gasteiger partial charge in [-0.3, -0.25) is 0 Å². The Kier molecular flexibility index (Phi) is 5.33. The molecule has 0 bridgehead atoms. The summed E-state index contributed by atoms with van der Waals surface area (Å²) < 4.78 is 18.8. The number of esters is 1. The Morgan fingerprint density at radius 1 is 1.42 bits per heavy atom. The molecule has 0 heterocycles. The molecule has 0 saturated heterocycles. The summed E-state index contributed by atoms with van der Waals surface area (Å²) in [5.41, 5.74) is -0.606. The average Bonchev–Trinajstić information content (AvgIpc) is 2.31. The van der Waals surface area contributed by atoms with Crippen molar-refractivity contribution in [2.24, 2.45) is 5.92 Å². The summed E-state index contributed by atoms with van der Waals surface area (Å²) in [7, 11) is 0. The van der Waals surface area contributed by atoms with Crippen molar-refractivity contribution in [3.63, 3.8) is 0 Å². The highest BCUT2D eigenvalue weighted by atomic mass is 19.1. The first-order valence-corrected chi connectivity index (χ1v) is 6.59. The second kappa shape index (κ2) is 6.55. The summed E-state index contributed by atoms with van der Waals surface area (Å²) in [5, 5.41) is 2.99. The summed E-state index contributed by atoms with van der Waals surface area (Å²) >= 11 is 0. The van der Waals surface area contributed by atoms with E-state index in [0.29, 0.717) is 18.7 Å². The van der Waals surface area contributed by atoms with Crippen molar-refractivity contribution < 1.29 is 13.9 Å². The fourth-order valence-electron chi connectivity index (χ4n) is 2.15. The molecule has 0 amide bonds. The van der Waals surface area contributed by atoms with Crippen LogP contribution in [-0.2, 0) is 9.53 Å². The highest BCUT2D eigenvalue weighted by Crippen LogP contribution is 2.25. The molecule has 0 aliphatic heterocycles. The predicted molar refractivity (Wildman–Crippen MR) is 74.5 cm³/mol. The van der Waals surface area contributed by atoms with Crippen LogP contribution in [-0.4, -0.2) is 18.1 Å². The maximum atomic E-state index is 13.7. The Bertz CT molecular complexity index is 434. The third-order valence-electron chi connectivity index (χ3n) is 2.83. The van der Waals surface area contributed by atoms with E-state index in [0.717, 1.165) is 0 Å². The largest absolute Gasteiger partial charge is 0.464 e. The standard InChI is InChI=1S/C15H22FNO2/c1-5-19-14(18)15(4,10-11(2)3)17-13-9-7-6-8-12(13)16/h6-9,11,17H,5,10H2,1-4H3. The molecule has 1 N–H and O–H groups in total. The van der Waals surface area contributed by atoms with Crippen LogP contribution in [0.15, 0.2) is 24.3 Å². The lowest BCUT2D eigenvalue weighted by Gasteiger charge is -2.31. The van der Waals surface area contributed by atoms with Gasteiger partial charge in [0.15, 0.2) is 0 Å². The molecule has 1 aromatic carbocycles. The molecule has 1 atom stereocenters. The molecule has 0 spiro atoms. The van der Waals surface area contributed by atoms with E-state index in [-0.39, 0.29) is 17.7 Å². The van der Waals surface area contributed by atoms with Crippen LogP contribution < -0.4 is 5.32 Å². The molecule has 19 heavy (non-hydrogen) atoms. The van der Waals surface area contributed by atoms with E-state index in [2.05, 4.69) is 5.32 Å². The summed E-state index contributed by atoms with van der Waals surface area (Å²) in [4.78, 5) is 12.1. The zero-order valence-electron chi connectivity index (χ0n) is 12.0. The van der Waals surface area contributed by atoms with Crippen molar-refractivity contribution in [1.82, 2.24) is 0 Å². The lowest BCUT2D eigenvalue weighted by Crippen LogP contribution is -2.46. The lowest BCUT2D eigenvalue weighted by molar-refractivity contribution is -0.148. The van der Waals surface area contributed by atoms with Crippen LogP contribution in [0.2, 0.25) is 0 Å². The molecule has 3 nitrogen and oxygen atoms in total. The fourth-order valence-corrected chi connectivity index (χ4v) is 2.15. The molecule has 0 radical (unpaired) electrons. The maximum Gasteiger partial charge on any atom is 0.331 e. The summed E-state index contributed by atoms with van der Waals surface area (Å²) in [6.07, 6.45) is 0.570. The lowest BCUT2D eigenvalue weighted by atomic mass is 9.90. The van der Waals surface area contributed by atoms with Gasteiger partial charge in [-0.25, -0.2) is 9.18 Å². The van der Waals surface area contributed by atoms with Crippen LogP contribution in [0, 0.1) is 11.7 Å². The monoisotopic (exact) mass is 267 g/mol. The van der Waals surface area contributed by atoms with E-state index in [4.69, 9.17) is 4.74 Å². The zero-order chi connectivity index (χ0) is 14.5. The van der Waals surface area contributed by atoms with Crippen LogP contribution in [0.5, 0.6) is 0 Å². The first kappa shape index (κ1) is 15.5. The molecule has 1 aromatic rings. The van der Waals surface area contributed by atoms with Crippen molar-refractivity contribution in [3.05, 3.63) is 30.1 Å². The van der Waals surface area contributed by atoms with Gasteiger partial charge in [-0.15, -0.1) is 0 Å². The van der Waals surface area contributed by atoms with Gasteiger partial charge in [0.05, 0.1) is 12.3 Å². The number of hydrogen-bond donors (Lipinski definition) is 1. The fraction of sp³-hybridized carbons (Fsp3) is 0.533. The van der Waals surface area contributed by atoms with Crippen LogP contribution >= 0.6 is 0 Å². The molecule has 1 rings (SSSR count). The van der Waals surface area contributed by atoms with Gasteiger partial charge >= 0.3 is 5.97 Å². The van der Waals surface area contributed by atoms with E-state index in [1.54, 1.807) is 32.0 Å². The third-order valence-corrected chi connectivity index (χ3v) is 2.83. The number of hydrogen-bond acceptors (Lipinski definition) is 3. The average molecular weight is 267 g/mol. The first-order chi connectivity index (χ1) is 8.89. The van der Waals surface area contributed by atoms with Gasteiger partial charge in [-0.2, -0.15) is 0 Å². The summed E-state index contributed by atoms with van der Waals surface area (Å²) in [5.74, 6) is -0.442. The van der Waals surface area contributed by atoms with Gasteiger partial charge in [-0.05, 0) is 38.3 Å². The van der Waals surface area contributed by atoms with Crippen molar-refractivity contribution in [2.45, 2.75) is 39.7 Å². The number of carbonyl (C=O) groups is 1. The molecule has 0 saturated carbocycles. The Labute approximate surface area is 114 Å². The second-order valence-electron chi connectivity index (χ2n) is 5.26. The third kappa shape index (κ3) is 4.23. The molecule has 1 unspecified atom stereocenters. The number of ether oxygens (including phenoxy) is 1. The van der Waals surface area contributed by atoms with Gasteiger partial charge in [0.1, 0.15) is 11.4 Å². The molecule has 106 valence electrons. The normalized spacial score (nSPS) is 14.0. The first-order valence-electron chi connectivity index (χ1n) is 6.59. The SMILES string of the molecule is CCOC(=O)C(C)(CC(C)C)Nc1ccccc1F. The minimum atomic E-state index is -0.924. The summed E-state index contributed by atoms with van der Waals surface area (Å²) in [6.45, 7) is 7.85.